The van der Waals surface area contributed by atoms with Crippen LogP contribution in [0.4, 0.5) is 0 Å². The van der Waals surface area contributed by atoms with Crippen molar-refractivity contribution in [3.05, 3.63) is 78.0 Å². The van der Waals surface area contributed by atoms with Crippen LogP contribution in [-0.2, 0) is 9.53 Å². The largest absolute Gasteiger partial charge is 0.463 e. The van der Waals surface area contributed by atoms with Gasteiger partial charge < -0.3 is 4.74 Å². The molecule has 0 aliphatic carbocycles. The van der Waals surface area contributed by atoms with E-state index in [-0.39, 0.29) is 5.97 Å². The summed E-state index contributed by atoms with van der Waals surface area (Å²) in [6.07, 6.45) is 5.10. The van der Waals surface area contributed by atoms with Gasteiger partial charge in [-0.3, -0.25) is 0 Å². The number of aromatic nitrogens is 2. The van der Waals surface area contributed by atoms with Crippen molar-refractivity contribution in [1.82, 2.24) is 9.78 Å². The van der Waals surface area contributed by atoms with E-state index in [2.05, 4.69) is 12.1 Å². The van der Waals surface area contributed by atoms with E-state index in [0.717, 1.165) is 22.5 Å². The van der Waals surface area contributed by atoms with Crippen molar-refractivity contribution < 1.29 is 9.53 Å². The zero-order chi connectivity index (χ0) is 17.6. The van der Waals surface area contributed by atoms with E-state index in [1.165, 1.54) is 11.6 Å². The Morgan fingerprint density at radius 1 is 1.12 bits per heavy atom. The van der Waals surface area contributed by atoms with E-state index in [0.29, 0.717) is 6.61 Å². The molecule has 1 aromatic heterocycles. The Morgan fingerprint density at radius 3 is 2.52 bits per heavy atom. The molecular formula is C21H20N2O2. The quantitative estimate of drug-likeness (QED) is 0.513. The fourth-order valence-corrected chi connectivity index (χ4v) is 2.51. The van der Waals surface area contributed by atoms with Gasteiger partial charge in [-0.25, -0.2) is 9.48 Å². The second kappa shape index (κ2) is 7.62. The number of nitrogens with zero attached hydrogens (tertiary/aromatic N) is 2. The highest BCUT2D eigenvalue weighted by atomic mass is 16.5. The van der Waals surface area contributed by atoms with E-state index in [4.69, 9.17) is 9.84 Å². The minimum Gasteiger partial charge on any atom is -0.463 e. The first-order valence-corrected chi connectivity index (χ1v) is 8.24. The van der Waals surface area contributed by atoms with Crippen LogP contribution in [0.5, 0.6) is 0 Å². The molecule has 4 heteroatoms. The number of benzene rings is 2. The van der Waals surface area contributed by atoms with E-state index >= 15 is 0 Å². The molecule has 25 heavy (non-hydrogen) atoms. The Hall–Kier alpha value is -3.14. The molecule has 0 aliphatic rings. The standard InChI is InChI=1S/C21H20N2O2/c1-3-25-20(24)14-13-18-15-23(19-7-5-4-6-8-19)22-21(18)17-11-9-16(2)10-12-17/h4-15H,3H2,1-2H3/b14-13-. The first kappa shape index (κ1) is 16.7. The van der Waals surface area contributed by atoms with Crippen LogP contribution in [-0.4, -0.2) is 22.4 Å². The van der Waals surface area contributed by atoms with E-state index in [9.17, 15) is 4.79 Å². The SMILES string of the molecule is CCOC(=O)/C=C\c1cn(-c2ccccc2)nc1-c1ccc(C)cc1. The number of carbonyl (C=O) groups excluding carboxylic acids is 1. The normalized spacial score (nSPS) is 11.0. The minimum atomic E-state index is -0.357. The summed E-state index contributed by atoms with van der Waals surface area (Å²) < 4.78 is 6.78. The molecule has 0 amide bonds. The van der Waals surface area contributed by atoms with Gasteiger partial charge in [-0.05, 0) is 32.1 Å². The van der Waals surface area contributed by atoms with Crippen LogP contribution in [0.2, 0.25) is 0 Å². The van der Waals surface area contributed by atoms with Crippen LogP contribution in [0.25, 0.3) is 23.0 Å². The van der Waals surface area contributed by atoms with Gasteiger partial charge in [0, 0.05) is 23.4 Å². The number of aryl methyl sites for hydroxylation is 1. The summed E-state index contributed by atoms with van der Waals surface area (Å²) in [6.45, 7) is 4.20. The van der Waals surface area contributed by atoms with Gasteiger partial charge in [-0.2, -0.15) is 5.10 Å². The summed E-state index contributed by atoms with van der Waals surface area (Å²) in [5, 5.41) is 4.72. The summed E-state index contributed by atoms with van der Waals surface area (Å²) in [5.41, 5.74) is 4.84. The van der Waals surface area contributed by atoms with Crippen LogP contribution in [0.1, 0.15) is 18.1 Å². The predicted octanol–water partition coefficient (Wildman–Crippen LogP) is 4.42. The molecule has 0 bridgehead atoms. The topological polar surface area (TPSA) is 44.1 Å². The second-order valence-corrected chi connectivity index (χ2v) is 5.66. The molecule has 3 rings (SSSR count). The number of carbonyl (C=O) groups is 1. The zero-order valence-corrected chi connectivity index (χ0v) is 14.3. The van der Waals surface area contributed by atoms with E-state index < -0.39 is 0 Å². The maximum absolute atomic E-state index is 11.6. The number of ether oxygens (including phenoxy) is 1. The molecule has 4 nitrogen and oxygen atoms in total. The molecule has 0 saturated heterocycles. The summed E-state index contributed by atoms with van der Waals surface area (Å²) in [7, 11) is 0. The average Bonchev–Trinajstić information content (AvgIpc) is 3.06. The maximum Gasteiger partial charge on any atom is 0.330 e. The minimum absolute atomic E-state index is 0.357. The first-order valence-electron chi connectivity index (χ1n) is 8.24. The van der Waals surface area contributed by atoms with Crippen LogP contribution in [0, 0.1) is 6.92 Å². The average molecular weight is 332 g/mol. The molecule has 0 fully saturated rings. The fraction of sp³-hybridized carbons (Fsp3) is 0.143. The fourth-order valence-electron chi connectivity index (χ4n) is 2.51. The third kappa shape index (κ3) is 4.04. The number of hydrogen-bond acceptors (Lipinski definition) is 3. The highest BCUT2D eigenvalue weighted by Crippen LogP contribution is 2.25. The van der Waals surface area contributed by atoms with Crippen molar-refractivity contribution in [2.24, 2.45) is 0 Å². The van der Waals surface area contributed by atoms with Gasteiger partial charge >= 0.3 is 5.97 Å². The van der Waals surface area contributed by atoms with Crippen LogP contribution in [0.15, 0.2) is 66.9 Å². The summed E-state index contributed by atoms with van der Waals surface area (Å²) in [4.78, 5) is 11.6. The van der Waals surface area contributed by atoms with Gasteiger partial charge in [0.15, 0.2) is 0 Å². The Labute approximate surface area is 147 Å². The van der Waals surface area contributed by atoms with Crippen LogP contribution < -0.4 is 0 Å². The van der Waals surface area contributed by atoms with Gasteiger partial charge in [0.2, 0.25) is 0 Å². The highest BCUT2D eigenvalue weighted by Gasteiger charge is 2.11. The molecule has 3 aromatic rings. The number of para-hydroxylation sites is 1. The van der Waals surface area contributed by atoms with Crippen LogP contribution in [0.3, 0.4) is 0 Å². The van der Waals surface area contributed by atoms with Crippen molar-refractivity contribution >= 4 is 12.0 Å². The molecule has 0 spiro atoms. The lowest BCUT2D eigenvalue weighted by atomic mass is 10.1. The Bertz CT molecular complexity index is 878. The molecule has 0 aliphatic heterocycles. The van der Waals surface area contributed by atoms with E-state index in [1.54, 1.807) is 13.0 Å². The molecule has 0 atom stereocenters. The van der Waals surface area contributed by atoms with Crippen molar-refractivity contribution in [1.29, 1.82) is 0 Å². The summed E-state index contributed by atoms with van der Waals surface area (Å²) in [5.74, 6) is -0.357. The van der Waals surface area contributed by atoms with Crippen LogP contribution >= 0.6 is 0 Å². The number of hydrogen-bond donors (Lipinski definition) is 0. The molecule has 2 aromatic carbocycles. The van der Waals surface area contributed by atoms with Crippen molar-refractivity contribution in [2.45, 2.75) is 13.8 Å². The van der Waals surface area contributed by atoms with Gasteiger partial charge in [0.25, 0.3) is 0 Å². The Balaban J connectivity index is 2.03. The molecule has 1 heterocycles. The number of rotatable bonds is 5. The predicted molar refractivity (Wildman–Crippen MR) is 99.4 cm³/mol. The molecule has 0 N–H and O–H groups in total. The Morgan fingerprint density at radius 2 is 1.84 bits per heavy atom. The molecular weight excluding hydrogens is 312 g/mol. The van der Waals surface area contributed by atoms with Gasteiger partial charge in [-0.1, -0.05) is 48.0 Å². The summed E-state index contributed by atoms with van der Waals surface area (Å²) >= 11 is 0. The molecule has 0 radical (unpaired) electrons. The lowest BCUT2D eigenvalue weighted by Crippen LogP contribution is -1.98. The van der Waals surface area contributed by atoms with Gasteiger partial charge in [0.1, 0.15) is 0 Å². The maximum atomic E-state index is 11.6. The third-order valence-electron chi connectivity index (χ3n) is 3.77. The van der Waals surface area contributed by atoms with Gasteiger partial charge in [0.05, 0.1) is 18.0 Å². The third-order valence-corrected chi connectivity index (χ3v) is 3.77. The molecule has 0 unspecified atom stereocenters. The lowest BCUT2D eigenvalue weighted by Gasteiger charge is -2.01. The van der Waals surface area contributed by atoms with Crippen molar-refractivity contribution in [3.63, 3.8) is 0 Å². The van der Waals surface area contributed by atoms with E-state index in [1.807, 2.05) is 60.3 Å². The Kier molecular flexibility index (Phi) is 5.09. The zero-order valence-electron chi connectivity index (χ0n) is 14.3. The smallest absolute Gasteiger partial charge is 0.330 e. The number of esters is 1. The molecule has 0 saturated carbocycles. The first-order chi connectivity index (χ1) is 12.2. The highest BCUT2D eigenvalue weighted by molar-refractivity contribution is 5.88. The van der Waals surface area contributed by atoms with Crippen molar-refractivity contribution in [2.75, 3.05) is 6.61 Å². The monoisotopic (exact) mass is 332 g/mol. The molecule has 126 valence electrons. The summed E-state index contributed by atoms with van der Waals surface area (Å²) in [6, 6.07) is 18.1. The second-order valence-electron chi connectivity index (χ2n) is 5.66. The van der Waals surface area contributed by atoms with Gasteiger partial charge in [-0.15, -0.1) is 0 Å². The van der Waals surface area contributed by atoms with Crippen molar-refractivity contribution in [3.8, 4) is 16.9 Å². The lowest BCUT2D eigenvalue weighted by molar-refractivity contribution is -0.137.